The largest absolute Gasteiger partial charge is 0.388 e. The molecule has 0 bridgehead atoms. The van der Waals surface area contributed by atoms with E-state index in [1.54, 1.807) is 6.08 Å². The summed E-state index contributed by atoms with van der Waals surface area (Å²) in [5.74, 6) is 0. The van der Waals surface area contributed by atoms with Gasteiger partial charge in [0.2, 0.25) is 0 Å². The molecule has 100 valence electrons. The van der Waals surface area contributed by atoms with Gasteiger partial charge in [0.05, 0.1) is 0 Å². The molecule has 1 heteroatoms. The van der Waals surface area contributed by atoms with E-state index in [-0.39, 0.29) is 0 Å². The van der Waals surface area contributed by atoms with Gasteiger partial charge < -0.3 is 5.32 Å². The lowest BCUT2D eigenvalue weighted by Gasteiger charge is -2.12. The van der Waals surface area contributed by atoms with Gasteiger partial charge in [0.15, 0.2) is 0 Å². The van der Waals surface area contributed by atoms with Crippen molar-refractivity contribution in [2.24, 2.45) is 0 Å². The quantitative estimate of drug-likeness (QED) is 0.531. The van der Waals surface area contributed by atoms with Crippen LogP contribution in [0.2, 0.25) is 0 Å². The van der Waals surface area contributed by atoms with E-state index in [1.807, 2.05) is 19.1 Å². The Balaban J connectivity index is 2.50. The molecular weight excluding hydrogens is 230 g/mol. The highest BCUT2D eigenvalue weighted by molar-refractivity contribution is 5.64. The van der Waals surface area contributed by atoms with E-state index < -0.39 is 0 Å². The van der Waals surface area contributed by atoms with Gasteiger partial charge in [0.1, 0.15) is 0 Å². The Morgan fingerprint density at radius 3 is 2.68 bits per heavy atom. The van der Waals surface area contributed by atoms with Crippen molar-refractivity contribution in [3.8, 4) is 0 Å². The fraction of sp³-hybridized carbons (Fsp3) is 0.222. The van der Waals surface area contributed by atoms with Gasteiger partial charge in [-0.3, -0.25) is 0 Å². The molecule has 0 spiro atoms. The first-order chi connectivity index (χ1) is 9.15. The van der Waals surface area contributed by atoms with Crippen LogP contribution >= 0.6 is 0 Å². The third-order valence-electron chi connectivity index (χ3n) is 2.84. The van der Waals surface area contributed by atoms with E-state index in [0.717, 1.165) is 30.7 Å². The number of hydrogen-bond donors (Lipinski definition) is 1. The molecule has 1 aromatic carbocycles. The zero-order valence-corrected chi connectivity index (χ0v) is 11.8. The lowest BCUT2D eigenvalue weighted by molar-refractivity contribution is 0.780. The monoisotopic (exact) mass is 253 g/mol. The molecule has 0 atom stereocenters. The molecule has 0 radical (unpaired) electrons. The molecule has 0 saturated carbocycles. The molecule has 0 aromatic heterocycles. The summed E-state index contributed by atoms with van der Waals surface area (Å²) in [5.41, 5.74) is 4.63. The summed E-state index contributed by atoms with van der Waals surface area (Å²) in [6, 6.07) is 8.35. The Bertz CT molecular complexity index is 480. The standard InChI is InChI=1S/C18H23N/c1-5-6-7-10-13-19-16(4)14-17-11-8-9-12-18(17)15(2)3/h5-9,11-12,19H,1-2,4,10,13-14H2,3H3/b7-6+. The summed E-state index contributed by atoms with van der Waals surface area (Å²) in [7, 11) is 0. The highest BCUT2D eigenvalue weighted by Gasteiger charge is 2.03. The molecule has 0 saturated heterocycles. The van der Waals surface area contributed by atoms with Crippen molar-refractivity contribution in [1.29, 1.82) is 0 Å². The average molecular weight is 253 g/mol. The smallest absolute Gasteiger partial charge is 0.0178 e. The summed E-state index contributed by atoms with van der Waals surface area (Å²) in [4.78, 5) is 0. The van der Waals surface area contributed by atoms with Crippen LogP contribution in [0.15, 0.2) is 67.9 Å². The average Bonchev–Trinajstić information content (AvgIpc) is 2.39. The van der Waals surface area contributed by atoms with Crippen molar-refractivity contribution >= 4 is 5.57 Å². The van der Waals surface area contributed by atoms with Crippen LogP contribution in [0.4, 0.5) is 0 Å². The molecule has 19 heavy (non-hydrogen) atoms. The summed E-state index contributed by atoms with van der Waals surface area (Å²) >= 11 is 0. The molecule has 0 amide bonds. The first kappa shape index (κ1) is 15.0. The zero-order chi connectivity index (χ0) is 14.1. The molecular formula is C18H23N. The van der Waals surface area contributed by atoms with Gasteiger partial charge >= 0.3 is 0 Å². The maximum Gasteiger partial charge on any atom is 0.0178 e. The third-order valence-corrected chi connectivity index (χ3v) is 2.84. The first-order valence-electron chi connectivity index (χ1n) is 6.58. The number of allylic oxidation sites excluding steroid dienone is 4. The lowest BCUT2D eigenvalue weighted by atomic mass is 9.99. The van der Waals surface area contributed by atoms with E-state index in [2.05, 4.69) is 49.3 Å². The Hall–Kier alpha value is -2.02. The predicted octanol–water partition coefficient (Wildman–Crippen LogP) is 4.50. The van der Waals surface area contributed by atoms with E-state index in [9.17, 15) is 0 Å². The van der Waals surface area contributed by atoms with Crippen LogP contribution in [0.25, 0.3) is 5.57 Å². The Morgan fingerprint density at radius 1 is 1.26 bits per heavy atom. The molecule has 1 aromatic rings. The second-order valence-corrected chi connectivity index (χ2v) is 4.60. The van der Waals surface area contributed by atoms with Crippen molar-refractivity contribution in [3.05, 3.63) is 79.1 Å². The number of rotatable bonds is 8. The van der Waals surface area contributed by atoms with Crippen LogP contribution in [0.5, 0.6) is 0 Å². The second kappa shape index (κ2) is 8.15. The molecule has 0 heterocycles. The Kier molecular flexibility index (Phi) is 6.45. The topological polar surface area (TPSA) is 12.0 Å². The van der Waals surface area contributed by atoms with Crippen LogP contribution in [-0.4, -0.2) is 6.54 Å². The molecule has 1 nitrogen and oxygen atoms in total. The minimum absolute atomic E-state index is 0.841. The van der Waals surface area contributed by atoms with E-state index in [4.69, 9.17) is 0 Å². The van der Waals surface area contributed by atoms with Gasteiger partial charge in [0, 0.05) is 18.7 Å². The highest BCUT2D eigenvalue weighted by atomic mass is 14.9. The third kappa shape index (κ3) is 5.43. The maximum atomic E-state index is 4.08. The van der Waals surface area contributed by atoms with Crippen molar-refractivity contribution < 1.29 is 0 Å². The van der Waals surface area contributed by atoms with Crippen LogP contribution in [-0.2, 0) is 6.42 Å². The Labute approximate surface area is 117 Å². The van der Waals surface area contributed by atoms with Crippen molar-refractivity contribution in [1.82, 2.24) is 5.32 Å². The molecule has 0 aliphatic heterocycles. The lowest BCUT2D eigenvalue weighted by Crippen LogP contribution is -2.15. The van der Waals surface area contributed by atoms with Crippen molar-refractivity contribution in [2.45, 2.75) is 19.8 Å². The van der Waals surface area contributed by atoms with E-state index in [0.29, 0.717) is 0 Å². The van der Waals surface area contributed by atoms with Crippen LogP contribution < -0.4 is 5.32 Å². The summed E-state index contributed by atoms with van der Waals surface area (Å²) in [5, 5.41) is 3.35. The summed E-state index contributed by atoms with van der Waals surface area (Å²) < 4.78 is 0. The maximum absolute atomic E-state index is 4.08. The predicted molar refractivity (Wildman–Crippen MR) is 86.0 cm³/mol. The minimum Gasteiger partial charge on any atom is -0.388 e. The molecule has 1 rings (SSSR count). The van der Waals surface area contributed by atoms with E-state index >= 15 is 0 Å². The zero-order valence-electron chi connectivity index (χ0n) is 11.8. The van der Waals surface area contributed by atoms with Gasteiger partial charge in [-0.25, -0.2) is 0 Å². The molecule has 1 N–H and O–H groups in total. The minimum atomic E-state index is 0.841. The summed E-state index contributed by atoms with van der Waals surface area (Å²) in [6.45, 7) is 14.7. The number of hydrogen-bond acceptors (Lipinski definition) is 1. The Morgan fingerprint density at radius 2 is 2.00 bits per heavy atom. The van der Waals surface area contributed by atoms with E-state index in [1.165, 1.54) is 11.1 Å². The van der Waals surface area contributed by atoms with Crippen molar-refractivity contribution in [2.75, 3.05) is 6.54 Å². The molecule has 0 unspecified atom stereocenters. The van der Waals surface area contributed by atoms with Gasteiger partial charge in [-0.15, -0.1) is 0 Å². The van der Waals surface area contributed by atoms with Crippen LogP contribution in [0, 0.1) is 0 Å². The number of nitrogens with one attached hydrogen (secondary N) is 1. The van der Waals surface area contributed by atoms with Gasteiger partial charge in [-0.2, -0.15) is 0 Å². The van der Waals surface area contributed by atoms with Gasteiger partial charge in [0.25, 0.3) is 0 Å². The highest BCUT2D eigenvalue weighted by Crippen LogP contribution is 2.18. The molecule has 0 aliphatic carbocycles. The number of benzene rings is 1. The first-order valence-corrected chi connectivity index (χ1v) is 6.58. The SMILES string of the molecule is C=C/C=C/CCNC(=C)Cc1ccccc1C(=C)C. The van der Waals surface area contributed by atoms with Crippen LogP contribution in [0.3, 0.4) is 0 Å². The fourth-order valence-corrected chi connectivity index (χ4v) is 1.91. The molecule has 0 aliphatic rings. The molecule has 0 fully saturated rings. The van der Waals surface area contributed by atoms with Crippen molar-refractivity contribution in [3.63, 3.8) is 0 Å². The fourth-order valence-electron chi connectivity index (χ4n) is 1.91. The summed E-state index contributed by atoms with van der Waals surface area (Å²) in [6.07, 6.45) is 7.66. The van der Waals surface area contributed by atoms with Crippen LogP contribution in [0.1, 0.15) is 24.5 Å². The second-order valence-electron chi connectivity index (χ2n) is 4.60. The van der Waals surface area contributed by atoms with Gasteiger partial charge in [-0.05, 0) is 24.5 Å². The van der Waals surface area contributed by atoms with Gasteiger partial charge in [-0.1, -0.05) is 67.8 Å². The normalized spacial score (nSPS) is 10.4.